The summed E-state index contributed by atoms with van der Waals surface area (Å²) in [6, 6.07) is 12.2. The molecule has 2 fully saturated rings. The molecule has 1 aliphatic heterocycles. The highest BCUT2D eigenvalue weighted by molar-refractivity contribution is 6.05. The van der Waals surface area contributed by atoms with Gasteiger partial charge in [0, 0.05) is 23.2 Å². The molecule has 6 rings (SSSR count). The average molecular weight is 444 g/mol. The van der Waals surface area contributed by atoms with Crippen molar-refractivity contribution in [1.82, 2.24) is 20.2 Å². The first-order chi connectivity index (χ1) is 16.1. The number of fused-ring (bicyclic) bond motifs is 2. The van der Waals surface area contributed by atoms with Crippen molar-refractivity contribution in [3.8, 4) is 0 Å². The van der Waals surface area contributed by atoms with E-state index in [9.17, 15) is 14.4 Å². The lowest BCUT2D eigenvalue weighted by Gasteiger charge is -2.24. The van der Waals surface area contributed by atoms with E-state index >= 15 is 0 Å². The van der Waals surface area contributed by atoms with Crippen molar-refractivity contribution in [3.63, 3.8) is 0 Å². The molecule has 8 heteroatoms. The van der Waals surface area contributed by atoms with Crippen LogP contribution in [-0.2, 0) is 9.59 Å². The number of anilines is 1. The quantitative estimate of drug-likeness (QED) is 0.544. The molecule has 8 nitrogen and oxygen atoms in total. The summed E-state index contributed by atoms with van der Waals surface area (Å²) < 4.78 is 0. The van der Waals surface area contributed by atoms with Gasteiger partial charge in [-0.2, -0.15) is 0 Å². The molecule has 1 aromatic heterocycles. The fourth-order valence-corrected chi connectivity index (χ4v) is 4.78. The average Bonchev–Trinajstić information content (AvgIpc) is 3.46. The van der Waals surface area contributed by atoms with Crippen LogP contribution in [0.25, 0.3) is 11.0 Å². The van der Waals surface area contributed by atoms with Gasteiger partial charge in [0.2, 0.25) is 11.8 Å². The number of carbonyl (C=O) groups is 3. The van der Waals surface area contributed by atoms with Gasteiger partial charge < -0.3 is 20.5 Å². The number of H-pyrrole nitrogens is 1. The molecular formula is C25H25N5O3. The molecule has 0 spiro atoms. The molecule has 2 saturated carbocycles. The number of imidazole rings is 1. The van der Waals surface area contributed by atoms with Crippen molar-refractivity contribution >= 4 is 34.4 Å². The Morgan fingerprint density at radius 3 is 2.67 bits per heavy atom. The SMILES string of the molecule is O=C(CNC(=O)C1c2ccccc2C(=O)N1C1CC1)Nc1ccc2nc(C3CCC3)[nH]c2c1. The van der Waals surface area contributed by atoms with Crippen LogP contribution in [0.5, 0.6) is 0 Å². The van der Waals surface area contributed by atoms with E-state index in [1.165, 1.54) is 19.3 Å². The number of rotatable bonds is 6. The molecule has 1 atom stereocenters. The minimum absolute atomic E-state index is 0.0976. The first kappa shape index (κ1) is 20.0. The Hall–Kier alpha value is -3.68. The van der Waals surface area contributed by atoms with Crippen LogP contribution in [0.15, 0.2) is 42.5 Å². The van der Waals surface area contributed by atoms with Gasteiger partial charge in [-0.25, -0.2) is 4.98 Å². The summed E-state index contributed by atoms with van der Waals surface area (Å²) in [5, 5.41) is 5.56. The summed E-state index contributed by atoms with van der Waals surface area (Å²) in [7, 11) is 0. The fourth-order valence-electron chi connectivity index (χ4n) is 4.78. The van der Waals surface area contributed by atoms with Crippen LogP contribution in [0, 0.1) is 0 Å². The predicted molar refractivity (Wildman–Crippen MR) is 123 cm³/mol. The molecule has 2 aromatic carbocycles. The van der Waals surface area contributed by atoms with Crippen molar-refractivity contribution in [2.45, 2.75) is 50.1 Å². The number of nitrogens with zero attached hydrogens (tertiary/aromatic N) is 2. The zero-order chi connectivity index (χ0) is 22.5. The van der Waals surface area contributed by atoms with Crippen LogP contribution in [-0.4, -0.2) is 45.2 Å². The normalized spacial score (nSPS) is 19.9. The highest BCUT2D eigenvalue weighted by atomic mass is 16.2. The molecule has 3 N–H and O–H groups in total. The molecule has 3 aliphatic rings. The van der Waals surface area contributed by atoms with E-state index in [1.54, 1.807) is 17.0 Å². The molecule has 2 heterocycles. The second-order valence-electron chi connectivity index (χ2n) is 9.18. The van der Waals surface area contributed by atoms with E-state index in [2.05, 4.69) is 20.6 Å². The summed E-state index contributed by atoms with van der Waals surface area (Å²) in [6.07, 6.45) is 5.38. The smallest absolute Gasteiger partial charge is 0.255 e. The highest BCUT2D eigenvalue weighted by Crippen LogP contribution is 2.42. The third-order valence-electron chi connectivity index (χ3n) is 6.89. The van der Waals surface area contributed by atoms with E-state index in [-0.39, 0.29) is 30.3 Å². The number of nitrogens with one attached hydrogen (secondary N) is 3. The second kappa shape index (κ2) is 7.72. The van der Waals surface area contributed by atoms with Crippen molar-refractivity contribution in [1.29, 1.82) is 0 Å². The first-order valence-corrected chi connectivity index (χ1v) is 11.6. The number of benzene rings is 2. The summed E-state index contributed by atoms with van der Waals surface area (Å²) in [5.74, 6) is 0.764. The van der Waals surface area contributed by atoms with Crippen molar-refractivity contribution in [2.75, 3.05) is 11.9 Å². The molecule has 0 radical (unpaired) electrons. The molecule has 168 valence electrons. The van der Waals surface area contributed by atoms with Gasteiger partial charge in [-0.3, -0.25) is 14.4 Å². The summed E-state index contributed by atoms with van der Waals surface area (Å²) in [6.45, 7) is -0.168. The Labute approximate surface area is 190 Å². The van der Waals surface area contributed by atoms with E-state index in [0.29, 0.717) is 22.7 Å². The second-order valence-corrected chi connectivity index (χ2v) is 9.18. The van der Waals surface area contributed by atoms with Crippen LogP contribution in [0.1, 0.15) is 65.8 Å². The third-order valence-corrected chi connectivity index (χ3v) is 6.89. The first-order valence-electron chi connectivity index (χ1n) is 11.6. The standard InChI is InChI=1S/C25H25N5O3/c31-21(27-15-8-11-19-20(12-15)29-23(28-19)14-4-3-5-14)13-26-24(32)22-17-6-1-2-7-18(17)25(33)30(22)16-9-10-16/h1-2,6-8,11-12,14,16,22H,3-5,9-10,13H2,(H,26,32)(H,27,31)(H,28,29). The molecule has 3 amide bonds. The molecule has 0 bridgehead atoms. The lowest BCUT2D eigenvalue weighted by molar-refractivity contribution is -0.127. The predicted octanol–water partition coefficient (Wildman–Crippen LogP) is 3.24. The van der Waals surface area contributed by atoms with Gasteiger partial charge in [-0.05, 0) is 55.5 Å². The van der Waals surface area contributed by atoms with Crippen molar-refractivity contribution < 1.29 is 14.4 Å². The minimum Gasteiger partial charge on any atom is -0.345 e. The van der Waals surface area contributed by atoms with Crippen molar-refractivity contribution in [3.05, 3.63) is 59.4 Å². The monoisotopic (exact) mass is 443 g/mol. The van der Waals surface area contributed by atoms with Gasteiger partial charge >= 0.3 is 0 Å². The lowest BCUT2D eigenvalue weighted by Crippen LogP contribution is -2.42. The number of aromatic nitrogens is 2. The maximum absolute atomic E-state index is 13.0. The largest absolute Gasteiger partial charge is 0.345 e. The number of hydrogen-bond acceptors (Lipinski definition) is 4. The number of carbonyl (C=O) groups excluding carboxylic acids is 3. The van der Waals surface area contributed by atoms with Crippen LogP contribution < -0.4 is 10.6 Å². The Morgan fingerprint density at radius 1 is 1.09 bits per heavy atom. The Kier molecular flexibility index (Phi) is 4.67. The maximum atomic E-state index is 13.0. The number of amides is 3. The summed E-state index contributed by atoms with van der Waals surface area (Å²) in [5.41, 5.74) is 3.70. The number of hydrogen-bond donors (Lipinski definition) is 3. The van der Waals surface area contributed by atoms with Crippen LogP contribution in [0.2, 0.25) is 0 Å². The summed E-state index contributed by atoms with van der Waals surface area (Å²) >= 11 is 0. The van der Waals surface area contributed by atoms with Crippen LogP contribution in [0.4, 0.5) is 5.69 Å². The van der Waals surface area contributed by atoms with Gasteiger partial charge in [0.15, 0.2) is 0 Å². The summed E-state index contributed by atoms with van der Waals surface area (Å²) in [4.78, 5) is 48.1. The molecule has 0 saturated heterocycles. The van der Waals surface area contributed by atoms with Crippen LogP contribution in [0.3, 0.4) is 0 Å². The topological polar surface area (TPSA) is 107 Å². The van der Waals surface area contributed by atoms with Gasteiger partial charge in [0.05, 0.1) is 17.6 Å². The fraction of sp³-hybridized carbons (Fsp3) is 0.360. The van der Waals surface area contributed by atoms with Gasteiger partial charge in [0.1, 0.15) is 11.9 Å². The van der Waals surface area contributed by atoms with Gasteiger partial charge in [0.25, 0.3) is 5.91 Å². The van der Waals surface area contributed by atoms with Gasteiger partial charge in [-0.1, -0.05) is 24.6 Å². The molecule has 1 unspecified atom stereocenters. The minimum atomic E-state index is -0.680. The molecular weight excluding hydrogens is 418 g/mol. The van der Waals surface area contributed by atoms with Crippen molar-refractivity contribution in [2.24, 2.45) is 0 Å². The molecule has 2 aliphatic carbocycles. The third kappa shape index (κ3) is 3.55. The van der Waals surface area contributed by atoms with Gasteiger partial charge in [-0.15, -0.1) is 0 Å². The Balaban J connectivity index is 1.12. The maximum Gasteiger partial charge on any atom is 0.255 e. The van der Waals surface area contributed by atoms with Crippen LogP contribution >= 0.6 is 0 Å². The zero-order valence-corrected chi connectivity index (χ0v) is 18.1. The lowest BCUT2D eigenvalue weighted by atomic mass is 9.85. The number of aromatic amines is 1. The Morgan fingerprint density at radius 2 is 1.91 bits per heavy atom. The highest BCUT2D eigenvalue weighted by Gasteiger charge is 2.47. The molecule has 3 aromatic rings. The van der Waals surface area contributed by atoms with E-state index < -0.39 is 6.04 Å². The zero-order valence-electron chi connectivity index (χ0n) is 18.1. The van der Waals surface area contributed by atoms with E-state index in [1.807, 2.05) is 30.3 Å². The van der Waals surface area contributed by atoms with E-state index in [0.717, 1.165) is 29.7 Å². The van der Waals surface area contributed by atoms with E-state index in [4.69, 9.17) is 0 Å². The Bertz CT molecular complexity index is 1270. The molecule has 33 heavy (non-hydrogen) atoms.